The molecule has 1 aromatic heterocycles. The number of carbonyl (C=O) groups is 1. The number of hydrogen-bond donors (Lipinski definition) is 2. The Morgan fingerprint density at radius 3 is 2.84 bits per heavy atom. The van der Waals surface area contributed by atoms with Crippen molar-refractivity contribution in [1.82, 2.24) is 10.3 Å². The highest BCUT2D eigenvalue weighted by atomic mass is 16.3. The average Bonchev–Trinajstić information content (AvgIpc) is 2.98. The van der Waals surface area contributed by atoms with E-state index >= 15 is 0 Å². The quantitative estimate of drug-likeness (QED) is 0.856. The first-order chi connectivity index (χ1) is 9.06. The smallest absolute Gasteiger partial charge is 0.273 e. The third kappa shape index (κ3) is 3.80. The van der Waals surface area contributed by atoms with Crippen LogP contribution in [0.5, 0.6) is 0 Å². The highest BCUT2D eigenvalue weighted by Crippen LogP contribution is 2.20. The van der Waals surface area contributed by atoms with E-state index in [1.807, 2.05) is 0 Å². The van der Waals surface area contributed by atoms with E-state index in [1.165, 1.54) is 19.1 Å². The zero-order valence-electron chi connectivity index (χ0n) is 11.7. The third-order valence-corrected chi connectivity index (χ3v) is 3.49. The number of carbonyl (C=O) groups excluding carboxylic acids is 1. The van der Waals surface area contributed by atoms with Gasteiger partial charge in [-0.15, -0.1) is 0 Å². The number of rotatable bonds is 5. The van der Waals surface area contributed by atoms with Crippen LogP contribution in [0.15, 0.2) is 10.7 Å². The number of nitrogens with two attached hydrogens (primary N) is 1. The Hall–Kier alpha value is -1.36. The molecular weight excluding hydrogens is 242 g/mol. The second kappa shape index (κ2) is 6.19. The molecule has 0 radical (unpaired) electrons. The topological polar surface area (TPSA) is 81.1 Å². The van der Waals surface area contributed by atoms with Crippen LogP contribution in [0.2, 0.25) is 0 Å². The molecule has 0 aliphatic heterocycles. The van der Waals surface area contributed by atoms with Gasteiger partial charge in [0.15, 0.2) is 5.69 Å². The van der Waals surface area contributed by atoms with Gasteiger partial charge in [0.05, 0.1) is 6.04 Å². The van der Waals surface area contributed by atoms with Crippen molar-refractivity contribution in [3.63, 3.8) is 0 Å². The number of nitrogens with zero attached hydrogens (tertiary/aromatic N) is 1. The van der Waals surface area contributed by atoms with Gasteiger partial charge in [-0.3, -0.25) is 4.79 Å². The Bertz CT molecular complexity index is 422. The van der Waals surface area contributed by atoms with E-state index in [0.29, 0.717) is 17.5 Å². The summed E-state index contributed by atoms with van der Waals surface area (Å²) in [5, 5.41) is 2.99. The van der Waals surface area contributed by atoms with Gasteiger partial charge in [-0.2, -0.15) is 0 Å². The van der Waals surface area contributed by atoms with Gasteiger partial charge < -0.3 is 15.5 Å². The summed E-state index contributed by atoms with van der Waals surface area (Å²) in [5.41, 5.74) is 6.32. The molecule has 1 aromatic rings. The summed E-state index contributed by atoms with van der Waals surface area (Å²) < 4.78 is 5.32. The average molecular weight is 265 g/mol. The lowest BCUT2D eigenvalue weighted by Crippen LogP contribution is -2.32. The van der Waals surface area contributed by atoms with E-state index in [4.69, 9.17) is 10.2 Å². The van der Waals surface area contributed by atoms with Gasteiger partial charge in [-0.1, -0.05) is 26.7 Å². The zero-order valence-corrected chi connectivity index (χ0v) is 11.7. The Morgan fingerprint density at radius 2 is 2.21 bits per heavy atom. The van der Waals surface area contributed by atoms with Crippen LogP contribution in [0.25, 0.3) is 0 Å². The van der Waals surface area contributed by atoms with Crippen molar-refractivity contribution in [2.75, 3.05) is 0 Å². The lowest BCUT2D eigenvalue weighted by Gasteiger charge is -2.10. The first kappa shape index (κ1) is 14.1. The fraction of sp³-hybridized carbons (Fsp3) is 0.714. The van der Waals surface area contributed by atoms with E-state index in [-0.39, 0.29) is 18.0 Å². The normalized spacial score (nSPS) is 17.9. The summed E-state index contributed by atoms with van der Waals surface area (Å²) in [6.45, 7) is 4.19. The molecule has 0 aromatic carbocycles. The number of aromatic nitrogens is 1. The summed E-state index contributed by atoms with van der Waals surface area (Å²) in [6.07, 6.45) is 6.69. The lowest BCUT2D eigenvalue weighted by molar-refractivity contribution is 0.0933. The monoisotopic (exact) mass is 265 g/mol. The van der Waals surface area contributed by atoms with Crippen molar-refractivity contribution in [2.24, 2.45) is 11.7 Å². The SMILES string of the molecule is CC(C)CC(N)c1nc(C(=O)NC2CCCC2)co1. The molecule has 1 saturated carbocycles. The van der Waals surface area contributed by atoms with Gasteiger partial charge in [0.1, 0.15) is 6.26 Å². The van der Waals surface area contributed by atoms with E-state index < -0.39 is 0 Å². The van der Waals surface area contributed by atoms with Gasteiger partial charge >= 0.3 is 0 Å². The summed E-state index contributed by atoms with van der Waals surface area (Å²) in [6, 6.07) is 0.0463. The van der Waals surface area contributed by atoms with Crippen LogP contribution in [0.3, 0.4) is 0 Å². The molecule has 1 aliphatic rings. The number of hydrogen-bond acceptors (Lipinski definition) is 4. The fourth-order valence-corrected chi connectivity index (χ4v) is 2.50. The van der Waals surface area contributed by atoms with E-state index in [1.54, 1.807) is 0 Å². The molecule has 5 heteroatoms. The van der Waals surface area contributed by atoms with Gasteiger partial charge in [0.2, 0.25) is 5.89 Å². The summed E-state index contributed by atoms with van der Waals surface area (Å²) >= 11 is 0. The Morgan fingerprint density at radius 1 is 1.53 bits per heavy atom. The van der Waals surface area contributed by atoms with Crippen LogP contribution in [0.1, 0.15) is 68.4 Å². The molecule has 1 fully saturated rings. The maximum absolute atomic E-state index is 12.0. The van der Waals surface area contributed by atoms with Crippen molar-refractivity contribution in [3.8, 4) is 0 Å². The predicted octanol–water partition coefficient (Wildman–Crippen LogP) is 2.39. The molecule has 3 N–H and O–H groups in total. The summed E-state index contributed by atoms with van der Waals surface area (Å²) in [4.78, 5) is 16.2. The van der Waals surface area contributed by atoms with Crippen LogP contribution in [-0.2, 0) is 0 Å². The van der Waals surface area contributed by atoms with Crippen molar-refractivity contribution in [1.29, 1.82) is 0 Å². The minimum Gasteiger partial charge on any atom is -0.446 e. The Balaban J connectivity index is 1.93. The molecule has 0 spiro atoms. The maximum atomic E-state index is 12.0. The van der Waals surface area contributed by atoms with Gasteiger partial charge in [-0.25, -0.2) is 4.98 Å². The molecule has 1 atom stereocenters. The molecule has 0 saturated heterocycles. The molecule has 1 aliphatic carbocycles. The molecule has 2 rings (SSSR count). The highest BCUT2D eigenvalue weighted by Gasteiger charge is 2.21. The zero-order chi connectivity index (χ0) is 13.8. The molecular formula is C14H23N3O2. The van der Waals surface area contributed by atoms with Gasteiger partial charge in [-0.05, 0) is 25.2 Å². The first-order valence-corrected chi connectivity index (χ1v) is 7.08. The predicted molar refractivity (Wildman–Crippen MR) is 72.6 cm³/mol. The first-order valence-electron chi connectivity index (χ1n) is 7.08. The largest absolute Gasteiger partial charge is 0.446 e. The molecule has 1 unspecified atom stereocenters. The van der Waals surface area contributed by atoms with Crippen LogP contribution in [0.4, 0.5) is 0 Å². The van der Waals surface area contributed by atoms with Crippen LogP contribution in [-0.4, -0.2) is 16.9 Å². The Labute approximate surface area is 114 Å². The van der Waals surface area contributed by atoms with Gasteiger partial charge in [0.25, 0.3) is 5.91 Å². The van der Waals surface area contributed by atoms with Crippen LogP contribution in [0, 0.1) is 5.92 Å². The summed E-state index contributed by atoms with van der Waals surface area (Å²) in [5.74, 6) is 0.765. The van der Waals surface area contributed by atoms with Crippen molar-refractivity contribution < 1.29 is 9.21 Å². The number of nitrogens with one attached hydrogen (secondary N) is 1. The minimum atomic E-state index is -0.243. The fourth-order valence-electron chi connectivity index (χ4n) is 2.50. The molecule has 0 bridgehead atoms. The van der Waals surface area contributed by atoms with Crippen LogP contribution >= 0.6 is 0 Å². The lowest BCUT2D eigenvalue weighted by atomic mass is 10.0. The van der Waals surface area contributed by atoms with E-state index in [0.717, 1.165) is 19.3 Å². The second-order valence-corrected chi connectivity index (χ2v) is 5.76. The molecule has 1 heterocycles. The van der Waals surface area contributed by atoms with E-state index in [9.17, 15) is 4.79 Å². The van der Waals surface area contributed by atoms with Crippen molar-refractivity contribution in [2.45, 2.75) is 58.0 Å². The molecule has 1 amide bonds. The van der Waals surface area contributed by atoms with Crippen LogP contribution < -0.4 is 11.1 Å². The second-order valence-electron chi connectivity index (χ2n) is 5.76. The van der Waals surface area contributed by atoms with Gasteiger partial charge in [0, 0.05) is 6.04 Å². The molecule has 19 heavy (non-hydrogen) atoms. The molecule has 106 valence electrons. The maximum Gasteiger partial charge on any atom is 0.273 e. The van der Waals surface area contributed by atoms with Crippen molar-refractivity contribution >= 4 is 5.91 Å². The van der Waals surface area contributed by atoms with Crippen molar-refractivity contribution in [3.05, 3.63) is 17.8 Å². The minimum absolute atomic E-state index is 0.154. The summed E-state index contributed by atoms with van der Waals surface area (Å²) in [7, 11) is 0. The standard InChI is InChI=1S/C14H23N3O2/c1-9(2)7-11(15)14-17-12(8-19-14)13(18)16-10-5-3-4-6-10/h8-11H,3-7,15H2,1-2H3,(H,16,18). The third-order valence-electron chi connectivity index (χ3n) is 3.49. The Kier molecular flexibility index (Phi) is 4.58. The molecule has 5 nitrogen and oxygen atoms in total. The number of oxazole rings is 1. The highest BCUT2D eigenvalue weighted by molar-refractivity contribution is 5.92. The van der Waals surface area contributed by atoms with E-state index in [2.05, 4.69) is 24.1 Å². The number of amides is 1.